The Morgan fingerprint density at radius 1 is 0.968 bits per heavy atom. The monoisotopic (exact) mass is 425 g/mol. The first-order chi connectivity index (χ1) is 15.0. The van der Waals surface area contributed by atoms with Crippen molar-refractivity contribution in [3.63, 3.8) is 0 Å². The standard InChI is InChI=1S/C25H35N3O3/c1-25(13-5-6-14-28(24(25)31)18-20-8-3-2-4-9-20)21-11-16-26(17-12-21)23(30)19-27-15-7-10-22(27)29/h2-4,8-9,21H,5-7,10-19H2,1H3/t25-/m1/s1. The highest BCUT2D eigenvalue weighted by molar-refractivity contribution is 5.86. The van der Waals surface area contributed by atoms with Gasteiger partial charge in [-0.15, -0.1) is 0 Å². The van der Waals surface area contributed by atoms with Gasteiger partial charge in [0.1, 0.15) is 0 Å². The molecule has 0 aromatic heterocycles. The van der Waals surface area contributed by atoms with E-state index in [-0.39, 0.29) is 29.7 Å². The number of nitrogens with zero attached hydrogens (tertiary/aromatic N) is 3. The lowest BCUT2D eigenvalue weighted by atomic mass is 9.69. The molecule has 31 heavy (non-hydrogen) atoms. The molecule has 0 aliphatic carbocycles. The van der Waals surface area contributed by atoms with Gasteiger partial charge in [0.15, 0.2) is 0 Å². The minimum atomic E-state index is -0.356. The van der Waals surface area contributed by atoms with Crippen molar-refractivity contribution in [1.29, 1.82) is 0 Å². The number of carbonyl (C=O) groups excluding carboxylic acids is 3. The second-order valence-electron chi connectivity index (χ2n) is 9.66. The Hall–Kier alpha value is -2.37. The summed E-state index contributed by atoms with van der Waals surface area (Å²) in [6.07, 6.45) is 6.20. The van der Waals surface area contributed by atoms with E-state index in [9.17, 15) is 14.4 Å². The molecule has 3 saturated heterocycles. The summed E-state index contributed by atoms with van der Waals surface area (Å²) in [6.45, 7) is 5.94. The van der Waals surface area contributed by atoms with E-state index in [2.05, 4.69) is 24.0 Å². The summed E-state index contributed by atoms with van der Waals surface area (Å²) in [5, 5.41) is 0. The first-order valence-corrected chi connectivity index (χ1v) is 11.9. The van der Waals surface area contributed by atoms with Crippen molar-refractivity contribution in [2.24, 2.45) is 11.3 Å². The van der Waals surface area contributed by atoms with Crippen LogP contribution in [0.3, 0.4) is 0 Å². The Kier molecular flexibility index (Phi) is 6.63. The van der Waals surface area contributed by atoms with E-state index in [4.69, 9.17) is 0 Å². The fraction of sp³-hybridized carbons (Fsp3) is 0.640. The van der Waals surface area contributed by atoms with Gasteiger partial charge < -0.3 is 14.7 Å². The van der Waals surface area contributed by atoms with Gasteiger partial charge in [-0.05, 0) is 43.6 Å². The Labute approximate surface area is 185 Å². The highest BCUT2D eigenvalue weighted by atomic mass is 16.2. The van der Waals surface area contributed by atoms with E-state index in [1.54, 1.807) is 4.90 Å². The molecule has 168 valence electrons. The lowest BCUT2D eigenvalue weighted by Gasteiger charge is -2.43. The fourth-order valence-electron chi connectivity index (χ4n) is 5.60. The fourth-order valence-corrected chi connectivity index (χ4v) is 5.60. The van der Waals surface area contributed by atoms with Gasteiger partial charge in [-0.25, -0.2) is 0 Å². The molecule has 6 heteroatoms. The highest BCUT2D eigenvalue weighted by Gasteiger charge is 2.45. The maximum atomic E-state index is 13.7. The van der Waals surface area contributed by atoms with Gasteiger partial charge in [-0.3, -0.25) is 14.4 Å². The third-order valence-electron chi connectivity index (χ3n) is 7.61. The molecular formula is C25H35N3O3. The van der Waals surface area contributed by atoms with E-state index in [0.29, 0.717) is 38.5 Å². The molecule has 1 aromatic rings. The molecule has 0 saturated carbocycles. The van der Waals surface area contributed by atoms with Gasteiger partial charge >= 0.3 is 0 Å². The zero-order valence-corrected chi connectivity index (χ0v) is 18.7. The summed E-state index contributed by atoms with van der Waals surface area (Å²) in [6, 6.07) is 10.2. The third kappa shape index (κ3) is 4.78. The van der Waals surface area contributed by atoms with Crippen molar-refractivity contribution in [1.82, 2.24) is 14.7 Å². The number of amides is 3. The second-order valence-corrected chi connectivity index (χ2v) is 9.66. The first-order valence-electron chi connectivity index (χ1n) is 11.9. The Balaban J connectivity index is 1.37. The number of hydrogen-bond donors (Lipinski definition) is 0. The maximum absolute atomic E-state index is 13.7. The predicted octanol–water partition coefficient (Wildman–Crippen LogP) is 3.07. The number of hydrogen-bond acceptors (Lipinski definition) is 3. The molecule has 0 unspecified atom stereocenters. The van der Waals surface area contributed by atoms with Crippen molar-refractivity contribution in [3.05, 3.63) is 35.9 Å². The molecule has 4 rings (SSSR count). The van der Waals surface area contributed by atoms with Crippen LogP contribution in [0.25, 0.3) is 0 Å². The lowest BCUT2D eigenvalue weighted by molar-refractivity contribution is -0.147. The summed E-state index contributed by atoms with van der Waals surface area (Å²) in [5.41, 5.74) is 0.822. The molecule has 3 aliphatic rings. The van der Waals surface area contributed by atoms with Gasteiger partial charge in [0.2, 0.25) is 17.7 Å². The first kappa shape index (κ1) is 21.8. The molecule has 6 nitrogen and oxygen atoms in total. The molecule has 3 aliphatic heterocycles. The van der Waals surface area contributed by atoms with Crippen LogP contribution >= 0.6 is 0 Å². The van der Waals surface area contributed by atoms with Gasteiger partial charge in [0.25, 0.3) is 0 Å². The lowest BCUT2D eigenvalue weighted by Crippen LogP contribution is -2.50. The number of rotatable bonds is 5. The minimum absolute atomic E-state index is 0.0525. The van der Waals surface area contributed by atoms with Crippen LogP contribution in [-0.4, -0.2) is 65.1 Å². The SMILES string of the molecule is C[C@]1(C2CCN(C(=O)CN3CCCC3=O)CC2)CCCCN(Cc2ccccc2)C1=O. The van der Waals surface area contributed by atoms with Gasteiger partial charge in [0.05, 0.1) is 6.54 Å². The summed E-state index contributed by atoms with van der Waals surface area (Å²) in [5.74, 6) is 0.727. The van der Waals surface area contributed by atoms with Gasteiger partial charge in [0, 0.05) is 44.6 Å². The van der Waals surface area contributed by atoms with E-state index in [1.807, 2.05) is 23.1 Å². The van der Waals surface area contributed by atoms with Crippen LogP contribution in [0.4, 0.5) is 0 Å². The van der Waals surface area contributed by atoms with Crippen LogP contribution in [0.5, 0.6) is 0 Å². The number of carbonyl (C=O) groups is 3. The predicted molar refractivity (Wildman–Crippen MR) is 119 cm³/mol. The number of benzene rings is 1. The number of likely N-dealkylation sites (tertiary alicyclic amines) is 3. The summed E-state index contributed by atoms with van der Waals surface area (Å²) in [4.78, 5) is 43.8. The topological polar surface area (TPSA) is 60.9 Å². The summed E-state index contributed by atoms with van der Waals surface area (Å²) in [7, 11) is 0. The minimum Gasteiger partial charge on any atom is -0.341 e. The smallest absolute Gasteiger partial charge is 0.242 e. The van der Waals surface area contributed by atoms with Gasteiger partial charge in [-0.1, -0.05) is 43.7 Å². The average Bonchev–Trinajstić information content (AvgIpc) is 3.13. The quantitative estimate of drug-likeness (QED) is 0.728. The highest BCUT2D eigenvalue weighted by Crippen LogP contribution is 2.43. The normalized spacial score (nSPS) is 25.8. The third-order valence-corrected chi connectivity index (χ3v) is 7.61. The summed E-state index contributed by atoms with van der Waals surface area (Å²) >= 11 is 0. The van der Waals surface area contributed by atoms with Crippen LogP contribution in [-0.2, 0) is 20.9 Å². The Bertz CT molecular complexity index is 803. The molecule has 3 heterocycles. The Morgan fingerprint density at radius 2 is 1.68 bits per heavy atom. The van der Waals surface area contributed by atoms with Gasteiger partial charge in [-0.2, -0.15) is 0 Å². The van der Waals surface area contributed by atoms with Crippen molar-refractivity contribution in [2.75, 3.05) is 32.7 Å². The van der Waals surface area contributed by atoms with Crippen molar-refractivity contribution >= 4 is 17.7 Å². The molecule has 1 aromatic carbocycles. The largest absolute Gasteiger partial charge is 0.341 e. The average molecular weight is 426 g/mol. The number of piperidine rings is 1. The van der Waals surface area contributed by atoms with Crippen LogP contribution in [0.1, 0.15) is 57.4 Å². The van der Waals surface area contributed by atoms with Crippen molar-refractivity contribution in [3.8, 4) is 0 Å². The molecule has 0 radical (unpaired) electrons. The summed E-state index contributed by atoms with van der Waals surface area (Å²) < 4.78 is 0. The Morgan fingerprint density at radius 3 is 2.35 bits per heavy atom. The van der Waals surface area contributed by atoms with Crippen LogP contribution in [0, 0.1) is 11.3 Å². The second kappa shape index (κ2) is 9.41. The zero-order chi connectivity index (χ0) is 21.8. The zero-order valence-electron chi connectivity index (χ0n) is 18.7. The molecule has 0 spiro atoms. The van der Waals surface area contributed by atoms with Crippen LogP contribution in [0.15, 0.2) is 30.3 Å². The van der Waals surface area contributed by atoms with Crippen LogP contribution < -0.4 is 0 Å². The van der Waals surface area contributed by atoms with E-state index in [1.165, 1.54) is 5.56 Å². The molecule has 0 bridgehead atoms. The van der Waals surface area contributed by atoms with E-state index >= 15 is 0 Å². The molecule has 1 atom stereocenters. The van der Waals surface area contributed by atoms with Crippen molar-refractivity contribution < 1.29 is 14.4 Å². The molecular weight excluding hydrogens is 390 g/mol. The van der Waals surface area contributed by atoms with Crippen LogP contribution in [0.2, 0.25) is 0 Å². The van der Waals surface area contributed by atoms with E-state index in [0.717, 1.165) is 45.1 Å². The van der Waals surface area contributed by atoms with Crippen molar-refractivity contribution in [2.45, 2.75) is 58.4 Å². The molecule has 3 amide bonds. The van der Waals surface area contributed by atoms with E-state index < -0.39 is 0 Å². The molecule has 0 N–H and O–H groups in total. The maximum Gasteiger partial charge on any atom is 0.242 e. The molecule has 3 fully saturated rings.